The number of pyridine rings is 3. The molecule has 0 saturated carbocycles. The minimum Gasteiger partial charge on any atom is -0.309 e. The van der Waals surface area contributed by atoms with Gasteiger partial charge in [-0.05, 0) is 39.7 Å². The van der Waals surface area contributed by atoms with E-state index in [1.807, 2.05) is 35.0 Å². The summed E-state index contributed by atoms with van der Waals surface area (Å²) in [7, 11) is 0. The number of hydrogen-bond donors (Lipinski definition) is 0. The Morgan fingerprint density at radius 1 is 1.17 bits per heavy atom. The van der Waals surface area contributed by atoms with Gasteiger partial charge in [0.05, 0.1) is 17.6 Å². The fourth-order valence-electron chi connectivity index (χ4n) is 2.73. The van der Waals surface area contributed by atoms with Crippen LogP contribution in [0, 0.1) is 0 Å². The van der Waals surface area contributed by atoms with Crippen molar-refractivity contribution in [2.24, 2.45) is 0 Å². The van der Waals surface area contributed by atoms with Gasteiger partial charge in [-0.1, -0.05) is 12.7 Å². The standard InChI is InChI=1S/C18H13BrN4O/c1-2-12-3-4-17-21-13(11-23(17)9-12)10-22-6-5-14-15(18(22)24)7-20-8-16(14)19/h2-9,11H,1,10H2. The molecule has 0 radical (unpaired) electrons. The molecule has 0 aromatic carbocycles. The molecule has 0 aliphatic heterocycles. The van der Waals surface area contributed by atoms with Crippen molar-refractivity contribution in [2.75, 3.05) is 0 Å². The molecule has 0 aliphatic rings. The molecule has 0 saturated heterocycles. The number of halogens is 1. The average Bonchev–Trinajstić information content (AvgIpc) is 2.99. The molecular formula is C18H13BrN4O. The van der Waals surface area contributed by atoms with E-state index >= 15 is 0 Å². The molecule has 4 heterocycles. The van der Waals surface area contributed by atoms with Crippen molar-refractivity contribution in [1.29, 1.82) is 0 Å². The van der Waals surface area contributed by atoms with Crippen LogP contribution < -0.4 is 5.56 Å². The Balaban J connectivity index is 1.78. The highest BCUT2D eigenvalue weighted by molar-refractivity contribution is 9.10. The molecule has 118 valence electrons. The third-order valence-electron chi connectivity index (χ3n) is 3.94. The first-order valence-corrected chi connectivity index (χ1v) is 8.18. The Kier molecular flexibility index (Phi) is 3.54. The van der Waals surface area contributed by atoms with Gasteiger partial charge in [0.15, 0.2) is 0 Å². The highest BCUT2D eigenvalue weighted by atomic mass is 79.9. The summed E-state index contributed by atoms with van der Waals surface area (Å²) in [6.45, 7) is 4.18. The average molecular weight is 381 g/mol. The van der Waals surface area contributed by atoms with Gasteiger partial charge in [0.2, 0.25) is 0 Å². The van der Waals surface area contributed by atoms with Gasteiger partial charge in [0.25, 0.3) is 5.56 Å². The molecule has 0 aliphatic carbocycles. The minimum absolute atomic E-state index is 0.0786. The summed E-state index contributed by atoms with van der Waals surface area (Å²) in [6.07, 6.45) is 10.7. The van der Waals surface area contributed by atoms with Gasteiger partial charge < -0.3 is 8.97 Å². The maximum absolute atomic E-state index is 12.7. The maximum atomic E-state index is 12.7. The fourth-order valence-corrected chi connectivity index (χ4v) is 3.19. The summed E-state index contributed by atoms with van der Waals surface area (Å²) in [5, 5.41) is 1.45. The molecule has 6 heteroatoms. The van der Waals surface area contributed by atoms with Crippen LogP contribution in [-0.2, 0) is 6.54 Å². The Labute approximate surface area is 146 Å². The molecule has 0 N–H and O–H groups in total. The van der Waals surface area contributed by atoms with E-state index in [-0.39, 0.29) is 5.56 Å². The lowest BCUT2D eigenvalue weighted by molar-refractivity contribution is 0.752. The van der Waals surface area contributed by atoms with E-state index in [1.54, 1.807) is 29.2 Å². The van der Waals surface area contributed by atoms with Crippen molar-refractivity contribution in [1.82, 2.24) is 18.9 Å². The van der Waals surface area contributed by atoms with Crippen molar-refractivity contribution < 1.29 is 0 Å². The van der Waals surface area contributed by atoms with Gasteiger partial charge in [-0.2, -0.15) is 0 Å². The van der Waals surface area contributed by atoms with Crippen molar-refractivity contribution >= 4 is 38.4 Å². The summed E-state index contributed by atoms with van der Waals surface area (Å²) >= 11 is 3.42. The number of imidazole rings is 1. The van der Waals surface area contributed by atoms with Crippen LogP contribution in [0.25, 0.3) is 22.5 Å². The highest BCUT2D eigenvalue weighted by Crippen LogP contribution is 2.19. The number of aromatic nitrogens is 4. The maximum Gasteiger partial charge on any atom is 0.260 e. The zero-order valence-corrected chi connectivity index (χ0v) is 14.3. The van der Waals surface area contributed by atoms with Crippen LogP contribution in [0.15, 0.2) is 65.0 Å². The lowest BCUT2D eigenvalue weighted by atomic mass is 10.2. The molecule has 4 aromatic rings. The van der Waals surface area contributed by atoms with Gasteiger partial charge in [-0.3, -0.25) is 9.78 Å². The second-order valence-electron chi connectivity index (χ2n) is 5.50. The predicted octanol–water partition coefficient (Wildman–Crippen LogP) is 3.50. The Hall–Kier alpha value is -2.73. The lowest BCUT2D eigenvalue weighted by Gasteiger charge is -2.06. The van der Waals surface area contributed by atoms with Crippen molar-refractivity contribution in [3.05, 3.63) is 81.8 Å². The first-order chi connectivity index (χ1) is 11.7. The van der Waals surface area contributed by atoms with Crippen molar-refractivity contribution in [3.63, 3.8) is 0 Å². The molecule has 5 nitrogen and oxygen atoms in total. The first-order valence-electron chi connectivity index (χ1n) is 7.38. The highest BCUT2D eigenvalue weighted by Gasteiger charge is 2.08. The molecule has 0 unspecified atom stereocenters. The number of nitrogens with zero attached hydrogens (tertiary/aromatic N) is 4. The summed E-state index contributed by atoms with van der Waals surface area (Å²) in [4.78, 5) is 21.3. The quantitative estimate of drug-likeness (QED) is 0.546. The topological polar surface area (TPSA) is 52.2 Å². The molecule has 0 spiro atoms. The molecule has 4 aromatic heterocycles. The van der Waals surface area contributed by atoms with Crippen LogP contribution >= 0.6 is 15.9 Å². The van der Waals surface area contributed by atoms with Gasteiger partial charge >= 0.3 is 0 Å². The first kappa shape index (κ1) is 14.8. The van der Waals surface area contributed by atoms with Crippen LogP contribution in [0.4, 0.5) is 0 Å². The zero-order chi connectivity index (χ0) is 16.7. The zero-order valence-electron chi connectivity index (χ0n) is 12.7. The van der Waals surface area contributed by atoms with E-state index in [4.69, 9.17) is 0 Å². The SMILES string of the molecule is C=Cc1ccc2nc(Cn3ccc4c(Br)cncc4c3=O)cn2c1. The minimum atomic E-state index is -0.0786. The largest absolute Gasteiger partial charge is 0.309 e. The second-order valence-corrected chi connectivity index (χ2v) is 6.35. The third-order valence-corrected chi connectivity index (χ3v) is 4.58. The summed E-state index contributed by atoms with van der Waals surface area (Å²) in [6, 6.07) is 5.81. The van der Waals surface area contributed by atoms with Gasteiger partial charge in [0.1, 0.15) is 5.65 Å². The van der Waals surface area contributed by atoms with Crippen molar-refractivity contribution in [2.45, 2.75) is 6.54 Å². The van der Waals surface area contributed by atoms with Crippen LogP contribution in [0.1, 0.15) is 11.3 Å². The van der Waals surface area contributed by atoms with E-state index in [1.165, 1.54) is 0 Å². The second kappa shape index (κ2) is 5.72. The molecular weight excluding hydrogens is 368 g/mol. The van der Waals surface area contributed by atoms with E-state index in [0.717, 1.165) is 26.8 Å². The molecule has 0 atom stereocenters. The monoisotopic (exact) mass is 380 g/mol. The van der Waals surface area contributed by atoms with E-state index in [9.17, 15) is 4.79 Å². The molecule has 24 heavy (non-hydrogen) atoms. The summed E-state index contributed by atoms with van der Waals surface area (Å²) < 4.78 is 4.40. The van der Waals surface area contributed by atoms with E-state index < -0.39 is 0 Å². The summed E-state index contributed by atoms with van der Waals surface area (Å²) in [5.41, 5.74) is 2.60. The smallest absolute Gasteiger partial charge is 0.260 e. The van der Waals surface area contributed by atoms with E-state index in [0.29, 0.717) is 11.9 Å². The Morgan fingerprint density at radius 3 is 2.88 bits per heavy atom. The third kappa shape index (κ3) is 2.45. The Bertz CT molecular complexity index is 1140. The van der Waals surface area contributed by atoms with Gasteiger partial charge in [0, 0.05) is 40.8 Å². The molecule has 0 fully saturated rings. The number of hydrogen-bond acceptors (Lipinski definition) is 3. The van der Waals surface area contributed by atoms with E-state index in [2.05, 4.69) is 32.5 Å². The van der Waals surface area contributed by atoms with Gasteiger partial charge in [-0.15, -0.1) is 0 Å². The van der Waals surface area contributed by atoms with Crippen LogP contribution in [0.2, 0.25) is 0 Å². The Morgan fingerprint density at radius 2 is 2.04 bits per heavy atom. The van der Waals surface area contributed by atoms with Crippen molar-refractivity contribution in [3.8, 4) is 0 Å². The van der Waals surface area contributed by atoms with Gasteiger partial charge in [-0.25, -0.2) is 4.98 Å². The van der Waals surface area contributed by atoms with Crippen LogP contribution in [0.5, 0.6) is 0 Å². The predicted molar refractivity (Wildman–Crippen MR) is 98.1 cm³/mol. The fraction of sp³-hybridized carbons (Fsp3) is 0.0556. The molecule has 4 rings (SSSR count). The molecule has 0 bridgehead atoms. The number of rotatable bonds is 3. The summed E-state index contributed by atoms with van der Waals surface area (Å²) in [5.74, 6) is 0. The normalized spacial score (nSPS) is 11.2. The molecule has 0 amide bonds. The van der Waals surface area contributed by atoms with Crippen LogP contribution in [-0.4, -0.2) is 18.9 Å². The number of fused-ring (bicyclic) bond motifs is 2. The van der Waals surface area contributed by atoms with Crippen LogP contribution in [0.3, 0.4) is 0 Å². The lowest BCUT2D eigenvalue weighted by Crippen LogP contribution is -2.20.